The number of rotatable bonds is 10. The van der Waals surface area contributed by atoms with E-state index in [2.05, 4.69) is 36.0 Å². The zero-order valence-corrected chi connectivity index (χ0v) is 19.0. The van der Waals surface area contributed by atoms with Crippen LogP contribution in [0.2, 0.25) is 0 Å². The van der Waals surface area contributed by atoms with Crippen molar-refractivity contribution in [1.82, 2.24) is 9.80 Å². The van der Waals surface area contributed by atoms with Gasteiger partial charge in [-0.05, 0) is 31.9 Å². The highest BCUT2D eigenvalue weighted by atomic mass is 16.5. The van der Waals surface area contributed by atoms with Crippen LogP contribution in [0.25, 0.3) is 0 Å². The Hall–Kier alpha value is -0.900. The first-order valence-electron chi connectivity index (χ1n) is 10.8. The van der Waals surface area contributed by atoms with Gasteiger partial charge in [0.05, 0.1) is 6.61 Å². The lowest BCUT2D eigenvalue weighted by molar-refractivity contribution is 0.0806. The van der Waals surface area contributed by atoms with Gasteiger partial charge in [0.15, 0.2) is 0 Å². The van der Waals surface area contributed by atoms with E-state index in [1.54, 1.807) is 0 Å². The lowest BCUT2D eigenvalue weighted by atomic mass is 10.1. The first-order valence-corrected chi connectivity index (χ1v) is 10.8. The van der Waals surface area contributed by atoms with E-state index in [-0.39, 0.29) is 0 Å². The molecule has 1 fully saturated rings. The second-order valence-electron chi connectivity index (χ2n) is 5.17. The van der Waals surface area contributed by atoms with Gasteiger partial charge < -0.3 is 9.64 Å². The summed E-state index contributed by atoms with van der Waals surface area (Å²) in [6.45, 7) is 30.3. The molecule has 26 heavy (non-hydrogen) atoms. The van der Waals surface area contributed by atoms with Crippen LogP contribution in [-0.4, -0.2) is 62.3 Å². The van der Waals surface area contributed by atoms with Gasteiger partial charge in [-0.3, -0.25) is 4.90 Å². The smallest absolute Gasteiger partial charge is 0.0593 e. The molecule has 1 saturated heterocycles. The van der Waals surface area contributed by atoms with E-state index in [0.717, 1.165) is 26.2 Å². The normalized spacial score (nSPS) is 14.7. The maximum Gasteiger partial charge on any atom is 0.0593 e. The molecule has 0 saturated carbocycles. The molecule has 0 spiro atoms. The SMILES string of the molecule is C=C/C=C(\C=C)CCCN1CCN(CCOCC)CC1.CC.CC.CC. The summed E-state index contributed by atoms with van der Waals surface area (Å²) in [7, 11) is 0. The molecule has 1 aliphatic heterocycles. The summed E-state index contributed by atoms with van der Waals surface area (Å²) in [6, 6.07) is 0. The molecule has 0 radical (unpaired) electrons. The largest absolute Gasteiger partial charge is 0.380 e. The van der Waals surface area contributed by atoms with Crippen molar-refractivity contribution >= 4 is 0 Å². The van der Waals surface area contributed by atoms with Gasteiger partial charge in [-0.15, -0.1) is 0 Å². The Morgan fingerprint density at radius 2 is 1.38 bits per heavy atom. The quantitative estimate of drug-likeness (QED) is 0.358. The minimum atomic E-state index is 0.823. The predicted molar refractivity (Wildman–Crippen MR) is 121 cm³/mol. The zero-order valence-electron chi connectivity index (χ0n) is 19.0. The van der Waals surface area contributed by atoms with Crippen LogP contribution in [0.5, 0.6) is 0 Å². The molecule has 1 rings (SSSR count). The Morgan fingerprint density at radius 3 is 1.81 bits per heavy atom. The molecular formula is C23H48N2O. The number of allylic oxidation sites excluding steroid dienone is 4. The van der Waals surface area contributed by atoms with Gasteiger partial charge in [-0.2, -0.15) is 0 Å². The fourth-order valence-electron chi connectivity index (χ4n) is 2.49. The van der Waals surface area contributed by atoms with Crippen LogP contribution in [0.1, 0.15) is 61.3 Å². The van der Waals surface area contributed by atoms with Crippen LogP contribution < -0.4 is 0 Å². The van der Waals surface area contributed by atoms with E-state index in [9.17, 15) is 0 Å². The molecule has 1 heterocycles. The molecule has 0 aromatic heterocycles. The van der Waals surface area contributed by atoms with E-state index in [1.807, 2.05) is 53.7 Å². The molecule has 1 aliphatic rings. The Morgan fingerprint density at radius 1 is 0.885 bits per heavy atom. The summed E-state index contributed by atoms with van der Waals surface area (Å²) < 4.78 is 5.41. The van der Waals surface area contributed by atoms with Crippen LogP contribution in [0.15, 0.2) is 37.0 Å². The third kappa shape index (κ3) is 17.9. The molecule has 0 bridgehead atoms. The van der Waals surface area contributed by atoms with E-state index < -0.39 is 0 Å². The van der Waals surface area contributed by atoms with Crippen molar-refractivity contribution in [2.24, 2.45) is 0 Å². The standard InChI is InChI=1S/C17H30N2O.3C2H6/c1-4-8-17(5-2)9-7-10-18-11-13-19(14-12-18)15-16-20-6-3;3*1-2/h4-5,8H,1-2,6-7,9-16H2,3H3;3*1-2H3/b17-8+;;;. The monoisotopic (exact) mass is 368 g/mol. The van der Waals surface area contributed by atoms with Crippen LogP contribution in [-0.2, 0) is 4.74 Å². The summed E-state index contributed by atoms with van der Waals surface area (Å²) in [5.74, 6) is 0. The molecule has 0 aromatic rings. The summed E-state index contributed by atoms with van der Waals surface area (Å²) in [5, 5.41) is 0. The fraction of sp³-hybridized carbons (Fsp3) is 0.739. The lowest BCUT2D eigenvalue weighted by Crippen LogP contribution is -2.47. The number of nitrogens with zero attached hydrogens (tertiary/aromatic N) is 2. The molecule has 0 aromatic carbocycles. The van der Waals surface area contributed by atoms with Gasteiger partial charge in [-0.25, -0.2) is 0 Å². The Labute approximate surface area is 165 Å². The summed E-state index contributed by atoms with van der Waals surface area (Å²) in [4.78, 5) is 5.06. The molecule has 0 unspecified atom stereocenters. The van der Waals surface area contributed by atoms with Gasteiger partial charge in [0, 0.05) is 39.3 Å². The Kier molecular flexibility index (Phi) is 30.2. The van der Waals surface area contributed by atoms with Crippen LogP contribution in [0.4, 0.5) is 0 Å². The van der Waals surface area contributed by atoms with E-state index in [1.165, 1.54) is 44.7 Å². The molecule has 0 aliphatic carbocycles. The summed E-state index contributed by atoms with van der Waals surface area (Å²) in [6.07, 6.45) is 8.13. The minimum Gasteiger partial charge on any atom is -0.380 e. The van der Waals surface area contributed by atoms with Gasteiger partial charge in [-0.1, -0.05) is 72.9 Å². The highest BCUT2D eigenvalue weighted by Crippen LogP contribution is 2.09. The third-order valence-electron chi connectivity index (χ3n) is 3.75. The van der Waals surface area contributed by atoms with Crippen molar-refractivity contribution in [3.8, 4) is 0 Å². The van der Waals surface area contributed by atoms with E-state index >= 15 is 0 Å². The van der Waals surface area contributed by atoms with E-state index in [4.69, 9.17) is 4.74 Å². The first kappa shape index (κ1) is 29.8. The van der Waals surface area contributed by atoms with Gasteiger partial charge in [0.1, 0.15) is 0 Å². The van der Waals surface area contributed by atoms with Gasteiger partial charge in [0.2, 0.25) is 0 Å². The number of ether oxygens (including phenoxy) is 1. The molecular weight excluding hydrogens is 320 g/mol. The van der Waals surface area contributed by atoms with Crippen LogP contribution >= 0.6 is 0 Å². The Bertz CT molecular complexity index is 305. The second kappa shape index (κ2) is 26.3. The van der Waals surface area contributed by atoms with Crippen molar-refractivity contribution in [2.45, 2.75) is 61.3 Å². The van der Waals surface area contributed by atoms with Crippen molar-refractivity contribution < 1.29 is 4.74 Å². The maximum absolute atomic E-state index is 5.41. The molecule has 156 valence electrons. The lowest BCUT2D eigenvalue weighted by Gasteiger charge is -2.34. The van der Waals surface area contributed by atoms with Crippen molar-refractivity contribution in [1.29, 1.82) is 0 Å². The predicted octanol–water partition coefficient (Wildman–Crippen LogP) is 5.80. The molecule has 0 atom stereocenters. The molecule has 0 N–H and O–H groups in total. The summed E-state index contributed by atoms with van der Waals surface area (Å²) in [5.41, 5.74) is 1.29. The highest BCUT2D eigenvalue weighted by Gasteiger charge is 2.15. The average Bonchev–Trinajstić information content (AvgIpc) is 2.73. The molecule has 0 amide bonds. The zero-order chi connectivity index (χ0) is 20.6. The Balaban J connectivity index is -0.000000795. The number of hydrogen-bond donors (Lipinski definition) is 0. The van der Waals surface area contributed by atoms with Crippen LogP contribution in [0.3, 0.4) is 0 Å². The van der Waals surface area contributed by atoms with Gasteiger partial charge >= 0.3 is 0 Å². The minimum absolute atomic E-state index is 0.823. The van der Waals surface area contributed by atoms with Crippen molar-refractivity contribution in [3.05, 3.63) is 37.0 Å². The number of hydrogen-bond acceptors (Lipinski definition) is 3. The average molecular weight is 369 g/mol. The highest BCUT2D eigenvalue weighted by molar-refractivity contribution is 5.20. The fourth-order valence-corrected chi connectivity index (χ4v) is 2.49. The van der Waals surface area contributed by atoms with Crippen molar-refractivity contribution in [3.63, 3.8) is 0 Å². The molecule has 3 heteroatoms. The van der Waals surface area contributed by atoms with Gasteiger partial charge in [0.25, 0.3) is 0 Å². The molecule has 3 nitrogen and oxygen atoms in total. The maximum atomic E-state index is 5.41. The van der Waals surface area contributed by atoms with E-state index in [0.29, 0.717) is 0 Å². The topological polar surface area (TPSA) is 15.7 Å². The third-order valence-corrected chi connectivity index (χ3v) is 3.75. The summed E-state index contributed by atoms with van der Waals surface area (Å²) >= 11 is 0. The first-order chi connectivity index (χ1) is 12.8. The number of piperazine rings is 1. The van der Waals surface area contributed by atoms with Crippen LogP contribution in [0, 0.1) is 0 Å². The second-order valence-corrected chi connectivity index (χ2v) is 5.17. The van der Waals surface area contributed by atoms with Crippen molar-refractivity contribution in [2.75, 3.05) is 52.5 Å².